The Kier molecular flexibility index (Phi) is 8.03. The van der Waals surface area contributed by atoms with Crippen molar-refractivity contribution in [2.45, 2.75) is 37.3 Å². The quantitative estimate of drug-likeness (QED) is 0.246. The minimum absolute atomic E-state index is 0.00396. The summed E-state index contributed by atoms with van der Waals surface area (Å²) in [6.45, 7) is 0.386. The number of methoxy groups -OCH3 is 1. The minimum Gasteiger partial charge on any atom is -0.467 e. The summed E-state index contributed by atoms with van der Waals surface area (Å²) >= 11 is 0. The second kappa shape index (κ2) is 9.75. The molecule has 138 valence electrons. The van der Waals surface area contributed by atoms with Crippen molar-refractivity contribution in [1.82, 2.24) is 5.32 Å². The molecule has 1 aromatic rings. The predicted molar refractivity (Wildman–Crippen MR) is 93.1 cm³/mol. The maximum atomic E-state index is 12.4. The summed E-state index contributed by atoms with van der Waals surface area (Å²) in [4.78, 5) is 36.6. The smallest absolute Gasteiger partial charge is 0.341 e. The van der Waals surface area contributed by atoms with Gasteiger partial charge in [-0.15, -0.1) is 0 Å². The lowest BCUT2D eigenvalue weighted by molar-refractivity contribution is -0.156. The maximum absolute atomic E-state index is 12.4. The SMILES string of the molecule is COC(=O)[C@](CCCCN)(NC(=O)[C@@H](N)Cc1ccccc1)C(N)=O. The van der Waals surface area contributed by atoms with Gasteiger partial charge in [-0.25, -0.2) is 4.79 Å². The molecular formula is C17H26N4O4. The Morgan fingerprint density at radius 2 is 1.84 bits per heavy atom. The van der Waals surface area contributed by atoms with E-state index in [9.17, 15) is 14.4 Å². The maximum Gasteiger partial charge on any atom is 0.341 e. The number of primary amides is 1. The van der Waals surface area contributed by atoms with E-state index in [2.05, 4.69) is 10.1 Å². The highest BCUT2D eigenvalue weighted by atomic mass is 16.5. The van der Waals surface area contributed by atoms with Crippen molar-refractivity contribution in [3.63, 3.8) is 0 Å². The third-order valence-electron chi connectivity index (χ3n) is 3.93. The Bertz CT molecular complexity index is 594. The number of unbranched alkanes of at least 4 members (excludes halogenated alkanes) is 1. The highest BCUT2D eigenvalue weighted by molar-refractivity contribution is 6.09. The minimum atomic E-state index is -1.95. The van der Waals surface area contributed by atoms with Crippen LogP contribution in [0.3, 0.4) is 0 Å². The van der Waals surface area contributed by atoms with Gasteiger partial charge < -0.3 is 27.3 Å². The average molecular weight is 350 g/mol. The Hall–Kier alpha value is -2.45. The number of nitrogens with one attached hydrogen (secondary N) is 1. The van der Waals surface area contributed by atoms with E-state index in [1.54, 1.807) is 0 Å². The van der Waals surface area contributed by atoms with E-state index in [0.717, 1.165) is 12.7 Å². The third-order valence-corrected chi connectivity index (χ3v) is 3.93. The molecule has 0 saturated heterocycles. The number of ether oxygens (including phenoxy) is 1. The van der Waals surface area contributed by atoms with Crippen LogP contribution in [0.15, 0.2) is 30.3 Å². The lowest BCUT2D eigenvalue weighted by atomic mass is 9.90. The normalized spacial score (nSPS) is 14.2. The van der Waals surface area contributed by atoms with E-state index in [1.165, 1.54) is 0 Å². The van der Waals surface area contributed by atoms with Crippen LogP contribution in [-0.4, -0.2) is 43.0 Å². The summed E-state index contributed by atoms with van der Waals surface area (Å²) in [7, 11) is 1.12. The van der Waals surface area contributed by atoms with Gasteiger partial charge in [-0.2, -0.15) is 0 Å². The first kappa shape index (κ1) is 20.6. The molecule has 25 heavy (non-hydrogen) atoms. The number of rotatable bonds is 10. The van der Waals surface area contributed by atoms with Crippen molar-refractivity contribution in [1.29, 1.82) is 0 Å². The highest BCUT2D eigenvalue weighted by Gasteiger charge is 2.47. The largest absolute Gasteiger partial charge is 0.467 e. The molecule has 0 spiro atoms. The number of amides is 2. The van der Waals surface area contributed by atoms with Gasteiger partial charge in [0.2, 0.25) is 11.4 Å². The van der Waals surface area contributed by atoms with Gasteiger partial charge in [-0.05, 0) is 37.8 Å². The zero-order valence-corrected chi connectivity index (χ0v) is 14.4. The first-order valence-electron chi connectivity index (χ1n) is 8.07. The standard InChI is InChI=1S/C17H26N4O4/c1-25-16(24)17(15(20)23,9-5-6-10-18)21-14(22)13(19)11-12-7-3-2-4-8-12/h2-4,7-8,13H,5-6,9-11,18-19H2,1H3,(H2,20,23)(H,21,22)/t13-,17+/m0/s1. The molecule has 0 unspecified atom stereocenters. The molecule has 0 fully saturated rings. The summed E-state index contributed by atoms with van der Waals surface area (Å²) in [5.41, 5.74) is 15.7. The Labute approximate surface area is 147 Å². The summed E-state index contributed by atoms with van der Waals surface area (Å²) < 4.78 is 4.68. The zero-order valence-electron chi connectivity index (χ0n) is 14.4. The summed E-state index contributed by atoms with van der Waals surface area (Å²) in [5.74, 6) is -2.56. The molecule has 8 nitrogen and oxygen atoms in total. The number of carbonyl (C=O) groups is 3. The summed E-state index contributed by atoms with van der Waals surface area (Å²) in [6.07, 6.45) is 1.24. The Morgan fingerprint density at radius 1 is 1.20 bits per heavy atom. The fraction of sp³-hybridized carbons (Fsp3) is 0.471. The van der Waals surface area contributed by atoms with Crippen molar-refractivity contribution in [2.24, 2.45) is 17.2 Å². The van der Waals surface area contributed by atoms with Gasteiger partial charge in [-0.1, -0.05) is 30.3 Å². The zero-order chi connectivity index (χ0) is 18.9. The molecule has 0 aliphatic rings. The molecule has 2 amide bonds. The Morgan fingerprint density at radius 3 is 2.36 bits per heavy atom. The van der Waals surface area contributed by atoms with Crippen LogP contribution in [0, 0.1) is 0 Å². The van der Waals surface area contributed by atoms with Gasteiger partial charge in [0.25, 0.3) is 5.91 Å². The number of esters is 1. The molecule has 7 N–H and O–H groups in total. The van der Waals surface area contributed by atoms with Gasteiger partial charge in [-0.3, -0.25) is 9.59 Å². The van der Waals surface area contributed by atoms with E-state index < -0.39 is 29.4 Å². The molecule has 0 heterocycles. The van der Waals surface area contributed by atoms with E-state index in [-0.39, 0.29) is 12.8 Å². The van der Waals surface area contributed by atoms with Crippen molar-refractivity contribution in [3.8, 4) is 0 Å². The fourth-order valence-corrected chi connectivity index (χ4v) is 2.47. The van der Waals surface area contributed by atoms with Crippen LogP contribution in [0.25, 0.3) is 0 Å². The van der Waals surface area contributed by atoms with Gasteiger partial charge in [0.1, 0.15) is 0 Å². The fourth-order valence-electron chi connectivity index (χ4n) is 2.47. The van der Waals surface area contributed by atoms with Crippen LogP contribution < -0.4 is 22.5 Å². The van der Waals surface area contributed by atoms with Crippen LogP contribution in [0.4, 0.5) is 0 Å². The molecular weight excluding hydrogens is 324 g/mol. The highest BCUT2D eigenvalue weighted by Crippen LogP contribution is 2.17. The monoisotopic (exact) mass is 350 g/mol. The molecule has 0 aromatic heterocycles. The number of hydrogen-bond donors (Lipinski definition) is 4. The van der Waals surface area contributed by atoms with Gasteiger partial charge >= 0.3 is 5.97 Å². The topological polar surface area (TPSA) is 151 Å². The molecule has 0 aliphatic carbocycles. The van der Waals surface area contributed by atoms with Gasteiger partial charge in [0.05, 0.1) is 13.2 Å². The number of benzene rings is 1. The second-order valence-corrected chi connectivity index (χ2v) is 5.79. The van der Waals surface area contributed by atoms with Gasteiger partial charge in [0.15, 0.2) is 0 Å². The van der Waals surface area contributed by atoms with E-state index >= 15 is 0 Å². The van der Waals surface area contributed by atoms with Crippen molar-refractivity contribution in [2.75, 3.05) is 13.7 Å². The number of nitrogens with two attached hydrogens (primary N) is 3. The van der Waals surface area contributed by atoms with Crippen molar-refractivity contribution in [3.05, 3.63) is 35.9 Å². The van der Waals surface area contributed by atoms with Gasteiger partial charge in [0, 0.05) is 0 Å². The van der Waals surface area contributed by atoms with Crippen LogP contribution in [0.1, 0.15) is 24.8 Å². The van der Waals surface area contributed by atoms with Crippen LogP contribution in [-0.2, 0) is 25.5 Å². The molecule has 0 bridgehead atoms. The Balaban J connectivity index is 2.92. The second-order valence-electron chi connectivity index (χ2n) is 5.79. The van der Waals surface area contributed by atoms with E-state index in [4.69, 9.17) is 17.2 Å². The molecule has 0 saturated carbocycles. The average Bonchev–Trinajstić information content (AvgIpc) is 2.60. The molecule has 1 rings (SSSR count). The third kappa shape index (κ3) is 5.54. The van der Waals surface area contributed by atoms with Crippen LogP contribution >= 0.6 is 0 Å². The lowest BCUT2D eigenvalue weighted by Crippen LogP contribution is -2.65. The van der Waals surface area contributed by atoms with E-state index in [1.807, 2.05) is 30.3 Å². The lowest BCUT2D eigenvalue weighted by Gasteiger charge is -2.30. The molecule has 1 aromatic carbocycles. The predicted octanol–water partition coefficient (Wildman–Crippen LogP) is -0.801. The van der Waals surface area contributed by atoms with Crippen LogP contribution in [0.5, 0.6) is 0 Å². The van der Waals surface area contributed by atoms with Crippen molar-refractivity contribution < 1.29 is 19.1 Å². The molecule has 8 heteroatoms. The first-order valence-corrected chi connectivity index (χ1v) is 8.07. The number of carbonyl (C=O) groups excluding carboxylic acids is 3. The van der Waals surface area contributed by atoms with Crippen molar-refractivity contribution >= 4 is 17.8 Å². The van der Waals surface area contributed by atoms with Crippen LogP contribution in [0.2, 0.25) is 0 Å². The first-order chi connectivity index (χ1) is 11.9. The number of hydrogen-bond acceptors (Lipinski definition) is 6. The molecule has 0 radical (unpaired) electrons. The van der Waals surface area contributed by atoms with E-state index in [0.29, 0.717) is 19.4 Å². The molecule has 0 aliphatic heterocycles. The molecule has 2 atom stereocenters. The summed E-state index contributed by atoms with van der Waals surface area (Å²) in [6, 6.07) is 8.22. The summed E-state index contributed by atoms with van der Waals surface area (Å²) in [5, 5.41) is 2.41.